The van der Waals surface area contributed by atoms with Gasteiger partial charge in [0, 0.05) is 6.42 Å². The van der Waals surface area contributed by atoms with Gasteiger partial charge in [0.15, 0.2) is 0 Å². The molecule has 3 N–H and O–H groups in total. The molecule has 1 saturated carbocycles. The van der Waals surface area contributed by atoms with Gasteiger partial charge in [0.2, 0.25) is 5.91 Å². The second-order valence-electron chi connectivity index (χ2n) is 6.76. The van der Waals surface area contributed by atoms with Gasteiger partial charge < -0.3 is 11.1 Å². The lowest BCUT2D eigenvalue weighted by Crippen LogP contribution is -2.42. The van der Waals surface area contributed by atoms with Gasteiger partial charge in [-0.1, -0.05) is 6.07 Å². The lowest BCUT2D eigenvalue weighted by molar-refractivity contribution is -0.122. The van der Waals surface area contributed by atoms with Crippen LogP contribution in [0.4, 0.5) is 10.1 Å². The Bertz CT molecular complexity index is 826. The van der Waals surface area contributed by atoms with Crippen LogP contribution in [0.5, 0.6) is 0 Å². The molecule has 2 amide bonds. The predicted octanol–water partition coefficient (Wildman–Crippen LogP) is 1.18. The molecule has 1 aromatic carbocycles. The molecule has 4 rings (SSSR count). The van der Waals surface area contributed by atoms with Crippen LogP contribution < -0.4 is 11.1 Å². The maximum absolute atomic E-state index is 14.1. The number of hydrogen-bond acceptors (Lipinski definition) is 4. The smallest absolute Gasteiger partial charge is 0.268 e. The Kier molecular flexibility index (Phi) is 3.10. The summed E-state index contributed by atoms with van der Waals surface area (Å²) in [5, 5.41) is 2.98. The van der Waals surface area contributed by atoms with E-state index in [0.29, 0.717) is 0 Å². The molecule has 2 heterocycles. The van der Waals surface area contributed by atoms with Crippen LogP contribution in [0.3, 0.4) is 0 Å². The van der Waals surface area contributed by atoms with Crippen molar-refractivity contribution < 1.29 is 14.0 Å². The number of hydrogen-bond donors (Lipinski definition) is 2. The second kappa shape index (κ2) is 4.96. The monoisotopic (exact) mass is 328 g/mol. The molecular formula is C17H17FN4O2. The van der Waals surface area contributed by atoms with E-state index in [-0.39, 0.29) is 46.9 Å². The third kappa shape index (κ3) is 2.23. The third-order valence-corrected chi connectivity index (χ3v) is 4.99. The highest BCUT2D eigenvalue weighted by atomic mass is 19.1. The Balaban J connectivity index is 1.77. The number of nitrogens with one attached hydrogen (secondary N) is 1. The van der Waals surface area contributed by atoms with Crippen molar-refractivity contribution in [1.29, 1.82) is 0 Å². The fraction of sp³-hybridized carbons (Fsp3) is 0.412. The van der Waals surface area contributed by atoms with Crippen molar-refractivity contribution in [3.05, 3.63) is 29.6 Å². The van der Waals surface area contributed by atoms with Gasteiger partial charge in [-0.2, -0.15) is 0 Å². The summed E-state index contributed by atoms with van der Waals surface area (Å²) in [4.78, 5) is 32.7. The first-order valence-corrected chi connectivity index (χ1v) is 7.93. The van der Waals surface area contributed by atoms with Crippen LogP contribution in [-0.2, 0) is 9.59 Å². The second-order valence-corrected chi connectivity index (χ2v) is 6.76. The lowest BCUT2D eigenvalue weighted by Gasteiger charge is -2.25. The number of nitrogens with two attached hydrogens (primary N) is 1. The molecule has 0 radical (unpaired) electrons. The molecule has 3 aliphatic rings. The molecular weight excluding hydrogens is 311 g/mol. The Morgan fingerprint density at radius 3 is 2.83 bits per heavy atom. The SMILES string of the molecule is Cc1ccc(N=C2CC3C(=O)NC4(CC4)C3N=C2C(N)=O)c(F)c1. The van der Waals surface area contributed by atoms with E-state index in [0.717, 1.165) is 18.4 Å². The van der Waals surface area contributed by atoms with Gasteiger partial charge in [0.25, 0.3) is 5.91 Å². The van der Waals surface area contributed by atoms with Gasteiger partial charge in [0.1, 0.15) is 11.5 Å². The van der Waals surface area contributed by atoms with Crippen LogP contribution in [0, 0.1) is 18.7 Å². The van der Waals surface area contributed by atoms with E-state index in [1.807, 2.05) is 0 Å². The van der Waals surface area contributed by atoms with Gasteiger partial charge in [-0.15, -0.1) is 0 Å². The number of rotatable bonds is 2. The summed E-state index contributed by atoms with van der Waals surface area (Å²) in [5.41, 5.74) is 6.35. The normalized spacial score (nSPS) is 28.5. The van der Waals surface area contributed by atoms with Crippen molar-refractivity contribution in [2.45, 2.75) is 37.8 Å². The van der Waals surface area contributed by atoms with E-state index in [2.05, 4.69) is 15.3 Å². The highest BCUT2D eigenvalue weighted by Crippen LogP contribution is 2.49. The summed E-state index contributed by atoms with van der Waals surface area (Å²) in [6, 6.07) is 4.36. The fourth-order valence-electron chi connectivity index (χ4n) is 3.58. The van der Waals surface area contributed by atoms with E-state index in [1.54, 1.807) is 19.1 Å². The fourth-order valence-corrected chi connectivity index (χ4v) is 3.58. The minimum atomic E-state index is -0.699. The minimum Gasteiger partial charge on any atom is -0.364 e. The number of fused-ring (bicyclic) bond motifs is 2. The maximum Gasteiger partial charge on any atom is 0.268 e. The third-order valence-electron chi connectivity index (χ3n) is 4.99. The van der Waals surface area contributed by atoms with Gasteiger partial charge in [-0.3, -0.25) is 14.6 Å². The van der Waals surface area contributed by atoms with Crippen molar-refractivity contribution in [2.24, 2.45) is 21.6 Å². The van der Waals surface area contributed by atoms with Gasteiger partial charge in [0.05, 0.1) is 28.9 Å². The molecule has 24 heavy (non-hydrogen) atoms. The average Bonchev–Trinajstić information content (AvgIpc) is 3.24. The summed E-state index contributed by atoms with van der Waals surface area (Å²) in [6.07, 6.45) is 1.95. The Morgan fingerprint density at radius 2 is 2.21 bits per heavy atom. The molecule has 0 aromatic heterocycles. The molecule has 1 aliphatic carbocycles. The van der Waals surface area contributed by atoms with E-state index in [9.17, 15) is 14.0 Å². The average molecular weight is 328 g/mol. The Hall–Kier alpha value is -2.57. The predicted molar refractivity (Wildman–Crippen MR) is 86.9 cm³/mol. The maximum atomic E-state index is 14.1. The number of aryl methyl sites for hydroxylation is 1. The largest absolute Gasteiger partial charge is 0.364 e. The number of aliphatic imine (C=N–C) groups is 2. The molecule has 7 heteroatoms. The van der Waals surface area contributed by atoms with Crippen molar-refractivity contribution >= 4 is 28.9 Å². The molecule has 1 spiro atoms. The zero-order valence-electron chi connectivity index (χ0n) is 13.2. The summed E-state index contributed by atoms with van der Waals surface area (Å²) in [6.45, 7) is 1.78. The van der Waals surface area contributed by atoms with Gasteiger partial charge >= 0.3 is 0 Å². The van der Waals surface area contributed by atoms with E-state index in [1.165, 1.54) is 6.07 Å². The Labute approximate surface area is 138 Å². The molecule has 2 aliphatic heterocycles. The molecule has 2 atom stereocenters. The number of amides is 2. The van der Waals surface area contributed by atoms with Gasteiger partial charge in [-0.25, -0.2) is 9.38 Å². The van der Waals surface area contributed by atoms with Crippen LogP contribution in [-0.4, -0.2) is 34.8 Å². The minimum absolute atomic E-state index is 0.0546. The zero-order valence-corrected chi connectivity index (χ0v) is 13.2. The number of halogens is 1. The number of primary amides is 1. The molecule has 0 bridgehead atoms. The molecule has 1 saturated heterocycles. The summed E-state index contributed by atoms with van der Waals surface area (Å²) in [7, 11) is 0. The van der Waals surface area contributed by atoms with Crippen LogP contribution in [0.15, 0.2) is 28.2 Å². The summed E-state index contributed by atoms with van der Waals surface area (Å²) < 4.78 is 14.1. The first kappa shape index (κ1) is 15.0. The van der Waals surface area contributed by atoms with Crippen molar-refractivity contribution in [1.82, 2.24) is 5.32 Å². The van der Waals surface area contributed by atoms with Gasteiger partial charge in [-0.05, 0) is 37.5 Å². The zero-order chi connectivity index (χ0) is 17.1. The lowest BCUT2D eigenvalue weighted by atomic mass is 9.87. The van der Waals surface area contributed by atoms with E-state index < -0.39 is 11.7 Å². The molecule has 2 unspecified atom stereocenters. The number of carbonyl (C=O) groups excluding carboxylic acids is 2. The van der Waals surface area contributed by atoms with Crippen LogP contribution in [0.25, 0.3) is 0 Å². The number of benzene rings is 1. The Morgan fingerprint density at radius 1 is 1.46 bits per heavy atom. The van der Waals surface area contributed by atoms with Crippen LogP contribution in [0.1, 0.15) is 24.8 Å². The highest BCUT2D eigenvalue weighted by Gasteiger charge is 2.61. The quantitative estimate of drug-likeness (QED) is 0.852. The molecule has 124 valence electrons. The number of nitrogens with zero attached hydrogens (tertiary/aromatic N) is 2. The first-order chi connectivity index (χ1) is 11.4. The topological polar surface area (TPSA) is 96.9 Å². The van der Waals surface area contributed by atoms with Crippen LogP contribution in [0.2, 0.25) is 0 Å². The van der Waals surface area contributed by atoms with Crippen LogP contribution >= 0.6 is 0 Å². The molecule has 1 aromatic rings. The van der Waals surface area contributed by atoms with Crippen molar-refractivity contribution in [2.75, 3.05) is 0 Å². The summed E-state index contributed by atoms with van der Waals surface area (Å²) >= 11 is 0. The highest BCUT2D eigenvalue weighted by molar-refractivity contribution is 6.67. The first-order valence-electron chi connectivity index (χ1n) is 7.93. The van der Waals surface area contributed by atoms with E-state index >= 15 is 0 Å². The van der Waals surface area contributed by atoms with Crippen molar-refractivity contribution in [3.8, 4) is 0 Å². The van der Waals surface area contributed by atoms with E-state index in [4.69, 9.17) is 5.73 Å². The molecule has 6 nitrogen and oxygen atoms in total. The molecule has 2 fully saturated rings. The van der Waals surface area contributed by atoms with Crippen molar-refractivity contribution in [3.63, 3.8) is 0 Å². The summed E-state index contributed by atoms with van der Waals surface area (Å²) in [5.74, 6) is -1.64. The standard InChI is InChI=1S/C17H17FN4O2/c1-8-2-3-11(10(18)6-8)20-12-7-9-14(21-13(12)15(19)23)17(4-5-17)22-16(9)24/h2-3,6,9,14H,4-5,7H2,1H3,(H2,19,23)(H,22,24). The number of carbonyl (C=O) groups is 2.